The third-order valence-electron chi connectivity index (χ3n) is 2.55. The van der Waals surface area contributed by atoms with Gasteiger partial charge in [0.05, 0.1) is 13.7 Å². The minimum Gasteiger partial charge on any atom is -0.490 e. The molecule has 0 saturated carbocycles. The molecule has 1 aromatic heterocycles. The van der Waals surface area contributed by atoms with Crippen LogP contribution in [0.4, 0.5) is 11.6 Å². The van der Waals surface area contributed by atoms with Gasteiger partial charge in [-0.15, -0.1) is 0 Å². The van der Waals surface area contributed by atoms with Crippen LogP contribution in [0.15, 0.2) is 6.33 Å². The van der Waals surface area contributed by atoms with Crippen LogP contribution in [-0.2, 0) is 4.79 Å². The number of hydrogen-bond donors (Lipinski definition) is 3. The van der Waals surface area contributed by atoms with Crippen LogP contribution >= 0.6 is 0 Å². The number of amides is 1. The Morgan fingerprint density at radius 1 is 1.53 bits per heavy atom. The normalized spacial score (nSPS) is 10.1. The van der Waals surface area contributed by atoms with Gasteiger partial charge in [0, 0.05) is 6.54 Å². The smallest absolute Gasteiger partial charge is 0.237 e. The molecule has 19 heavy (non-hydrogen) atoms. The van der Waals surface area contributed by atoms with Crippen molar-refractivity contribution in [3.63, 3.8) is 0 Å². The third-order valence-corrected chi connectivity index (χ3v) is 2.55. The summed E-state index contributed by atoms with van der Waals surface area (Å²) in [6.07, 6.45) is 3.25. The van der Waals surface area contributed by atoms with Crippen LogP contribution in [0.1, 0.15) is 19.8 Å². The van der Waals surface area contributed by atoms with Gasteiger partial charge in [-0.2, -0.15) is 0 Å². The molecule has 0 aliphatic rings. The number of hydrogen-bond acceptors (Lipinski definition) is 7. The van der Waals surface area contributed by atoms with Crippen molar-refractivity contribution in [3.8, 4) is 5.75 Å². The van der Waals surface area contributed by atoms with Gasteiger partial charge in [0.2, 0.25) is 11.7 Å². The second-order valence-corrected chi connectivity index (χ2v) is 3.96. The summed E-state index contributed by atoms with van der Waals surface area (Å²) in [6, 6.07) is 0. The van der Waals surface area contributed by atoms with Crippen molar-refractivity contribution in [1.82, 2.24) is 9.97 Å². The van der Waals surface area contributed by atoms with Crippen LogP contribution in [0.2, 0.25) is 0 Å². The van der Waals surface area contributed by atoms with E-state index in [1.54, 1.807) is 4.90 Å². The molecule has 0 bridgehead atoms. The molecule has 0 aliphatic carbocycles. The number of nitrogens with two attached hydrogens (primary N) is 2. The van der Waals surface area contributed by atoms with Gasteiger partial charge >= 0.3 is 0 Å². The van der Waals surface area contributed by atoms with E-state index in [4.69, 9.17) is 16.3 Å². The fourth-order valence-corrected chi connectivity index (χ4v) is 1.68. The maximum absolute atomic E-state index is 11.2. The summed E-state index contributed by atoms with van der Waals surface area (Å²) in [5.41, 5.74) is 7.69. The van der Waals surface area contributed by atoms with Crippen LogP contribution in [0.3, 0.4) is 0 Å². The van der Waals surface area contributed by atoms with E-state index in [0.29, 0.717) is 23.9 Å². The number of aromatic nitrogens is 2. The quantitative estimate of drug-likeness (QED) is 0.443. The molecule has 0 aromatic carbocycles. The predicted octanol–water partition coefficient (Wildman–Crippen LogP) is -0.137. The maximum atomic E-state index is 11.2. The molecule has 106 valence electrons. The molecule has 1 heterocycles. The Morgan fingerprint density at radius 3 is 2.79 bits per heavy atom. The van der Waals surface area contributed by atoms with E-state index in [1.807, 2.05) is 0 Å². The molecule has 5 N–H and O–H groups in total. The first-order valence-corrected chi connectivity index (χ1v) is 6.02. The van der Waals surface area contributed by atoms with Crippen molar-refractivity contribution in [3.05, 3.63) is 6.33 Å². The molecule has 8 heteroatoms. The van der Waals surface area contributed by atoms with E-state index in [0.717, 1.165) is 12.8 Å². The monoisotopic (exact) mass is 268 g/mol. The maximum Gasteiger partial charge on any atom is 0.237 e. The highest BCUT2D eigenvalue weighted by Crippen LogP contribution is 2.31. The molecule has 8 nitrogen and oxygen atoms in total. The molecule has 0 radical (unpaired) electrons. The molecule has 1 aromatic rings. The minimum absolute atomic E-state index is 0.0668. The topological polar surface area (TPSA) is 119 Å². The number of primary amides is 1. The average Bonchev–Trinajstić information content (AvgIpc) is 2.41. The average molecular weight is 268 g/mol. The summed E-state index contributed by atoms with van der Waals surface area (Å²) < 4.78 is 5.25. The number of anilines is 2. The lowest BCUT2D eigenvalue weighted by Crippen LogP contribution is -2.35. The van der Waals surface area contributed by atoms with Gasteiger partial charge < -0.3 is 20.8 Å². The molecule has 0 unspecified atom stereocenters. The Bertz CT molecular complexity index is 426. The van der Waals surface area contributed by atoms with Crippen LogP contribution in [0, 0.1) is 0 Å². The number of nitrogens with one attached hydrogen (secondary N) is 1. The molecule has 0 aliphatic heterocycles. The third kappa shape index (κ3) is 3.95. The van der Waals surface area contributed by atoms with Crippen LogP contribution in [0.5, 0.6) is 5.75 Å². The molecule has 0 atom stereocenters. The first-order valence-electron chi connectivity index (χ1n) is 6.02. The zero-order chi connectivity index (χ0) is 14.3. The van der Waals surface area contributed by atoms with Gasteiger partial charge in [-0.25, -0.2) is 15.8 Å². The number of hydrazine groups is 1. The van der Waals surface area contributed by atoms with E-state index in [2.05, 4.69) is 22.3 Å². The Kier molecular flexibility index (Phi) is 5.80. The van der Waals surface area contributed by atoms with Crippen LogP contribution < -0.4 is 26.6 Å². The van der Waals surface area contributed by atoms with Gasteiger partial charge in [0.25, 0.3) is 0 Å². The number of carbonyl (C=O) groups is 1. The van der Waals surface area contributed by atoms with Crippen molar-refractivity contribution in [1.29, 1.82) is 0 Å². The highest BCUT2D eigenvalue weighted by molar-refractivity contribution is 5.80. The number of rotatable bonds is 8. The SMILES string of the molecule is CCCCN(CC(N)=O)c1ncnc(NN)c1OC. The van der Waals surface area contributed by atoms with Crippen LogP contribution in [0.25, 0.3) is 0 Å². The van der Waals surface area contributed by atoms with Gasteiger partial charge in [-0.1, -0.05) is 13.3 Å². The van der Waals surface area contributed by atoms with Gasteiger partial charge in [0.15, 0.2) is 11.6 Å². The predicted molar refractivity (Wildman–Crippen MR) is 72.7 cm³/mol. The van der Waals surface area contributed by atoms with E-state index >= 15 is 0 Å². The summed E-state index contributed by atoms with van der Waals surface area (Å²) in [5, 5.41) is 0. The lowest BCUT2D eigenvalue weighted by Gasteiger charge is -2.24. The Balaban J connectivity index is 3.09. The second kappa shape index (κ2) is 7.37. The van der Waals surface area contributed by atoms with Gasteiger partial charge in [-0.05, 0) is 6.42 Å². The number of unbranched alkanes of at least 4 members (excludes halogenated alkanes) is 1. The van der Waals surface area contributed by atoms with Gasteiger partial charge in [-0.3, -0.25) is 4.79 Å². The van der Waals surface area contributed by atoms with Crippen molar-refractivity contribution in [2.75, 3.05) is 30.5 Å². The number of nitrogen functional groups attached to an aromatic ring is 1. The molecule has 0 saturated heterocycles. The number of nitrogens with zero attached hydrogens (tertiary/aromatic N) is 3. The molecule has 1 rings (SSSR count). The Labute approximate surface area is 112 Å². The highest BCUT2D eigenvalue weighted by Gasteiger charge is 2.18. The van der Waals surface area contributed by atoms with Gasteiger partial charge in [0.1, 0.15) is 6.33 Å². The zero-order valence-electron chi connectivity index (χ0n) is 11.2. The fourth-order valence-electron chi connectivity index (χ4n) is 1.68. The van der Waals surface area contributed by atoms with E-state index in [9.17, 15) is 4.79 Å². The lowest BCUT2D eigenvalue weighted by molar-refractivity contribution is -0.116. The number of carbonyl (C=O) groups excluding carboxylic acids is 1. The van der Waals surface area contributed by atoms with Crippen molar-refractivity contribution in [2.24, 2.45) is 11.6 Å². The molecule has 0 fully saturated rings. The Hall–Kier alpha value is -2.09. The fraction of sp³-hybridized carbons (Fsp3) is 0.545. The zero-order valence-corrected chi connectivity index (χ0v) is 11.2. The summed E-state index contributed by atoms with van der Waals surface area (Å²) in [7, 11) is 1.49. The number of ether oxygens (including phenoxy) is 1. The molecule has 1 amide bonds. The first-order chi connectivity index (χ1) is 9.13. The van der Waals surface area contributed by atoms with Crippen LogP contribution in [-0.4, -0.2) is 36.1 Å². The Morgan fingerprint density at radius 2 is 2.26 bits per heavy atom. The van der Waals surface area contributed by atoms with E-state index in [-0.39, 0.29) is 6.54 Å². The van der Waals surface area contributed by atoms with E-state index < -0.39 is 5.91 Å². The highest BCUT2D eigenvalue weighted by atomic mass is 16.5. The second-order valence-electron chi connectivity index (χ2n) is 3.96. The molecular weight excluding hydrogens is 248 g/mol. The van der Waals surface area contributed by atoms with Crippen molar-refractivity contribution < 1.29 is 9.53 Å². The van der Waals surface area contributed by atoms with E-state index in [1.165, 1.54) is 13.4 Å². The summed E-state index contributed by atoms with van der Waals surface area (Å²) >= 11 is 0. The largest absolute Gasteiger partial charge is 0.490 e. The summed E-state index contributed by atoms with van der Waals surface area (Å²) in [4.78, 5) is 21.0. The lowest BCUT2D eigenvalue weighted by atomic mass is 10.3. The minimum atomic E-state index is -0.431. The summed E-state index contributed by atoms with van der Waals surface area (Å²) in [6.45, 7) is 2.78. The number of methoxy groups -OCH3 is 1. The molecule has 0 spiro atoms. The summed E-state index contributed by atoms with van der Waals surface area (Å²) in [5.74, 6) is 6.18. The van der Waals surface area contributed by atoms with Crippen molar-refractivity contribution in [2.45, 2.75) is 19.8 Å². The first kappa shape index (κ1) is 15.0. The standard InChI is InChI=1S/C11H20N6O2/c1-3-4-5-17(6-8(12)18)11-9(19-2)10(16-13)14-7-15-11/h7H,3-6,13H2,1-2H3,(H2,12,18)(H,14,15,16). The van der Waals surface area contributed by atoms with Crippen molar-refractivity contribution >= 4 is 17.5 Å². The molecular formula is C11H20N6O2.